The average Bonchev–Trinajstić information content (AvgIpc) is 2.95. The van der Waals surface area contributed by atoms with Crippen LogP contribution in [-0.4, -0.2) is 42.9 Å². The van der Waals surface area contributed by atoms with Crippen LogP contribution in [0.2, 0.25) is 0 Å². The fourth-order valence-corrected chi connectivity index (χ4v) is 2.57. The minimum Gasteiger partial charge on any atom is -0.351 e. The molecule has 21 heavy (non-hydrogen) atoms. The highest BCUT2D eigenvalue weighted by Crippen LogP contribution is 2.15. The molecular weight excluding hydrogens is 286 g/mol. The normalized spacial score (nSPS) is 9.67. The molecule has 0 spiro atoms. The highest BCUT2D eigenvalue weighted by atomic mass is 32.1. The smallest absolute Gasteiger partial charge is 0.261 e. The molecule has 0 unspecified atom stereocenters. The van der Waals surface area contributed by atoms with Gasteiger partial charge in [0.05, 0.1) is 16.3 Å². The van der Waals surface area contributed by atoms with E-state index >= 15 is 0 Å². The maximum atomic E-state index is 11.9. The first kappa shape index (κ1) is 17.2. The van der Waals surface area contributed by atoms with Crippen LogP contribution in [0.1, 0.15) is 34.8 Å². The summed E-state index contributed by atoms with van der Waals surface area (Å²) in [5.41, 5.74) is 5.30. The van der Waals surface area contributed by atoms with E-state index in [1.807, 2.05) is 13.8 Å². The van der Waals surface area contributed by atoms with Crippen LogP contribution in [0.25, 0.3) is 0 Å². The SMILES string of the molecule is CCN(CC)C(=O)CCNC(=O)c1ccc(C#CCN)s1. The standard InChI is InChI=1S/C15H21N3O2S/c1-3-18(4-2)14(19)9-11-17-15(20)13-8-7-12(21-13)6-5-10-16/h7-8H,3-4,9-11,16H2,1-2H3,(H,17,20). The lowest BCUT2D eigenvalue weighted by Gasteiger charge is -2.18. The van der Waals surface area contributed by atoms with Crippen molar-refractivity contribution in [2.24, 2.45) is 5.73 Å². The summed E-state index contributed by atoms with van der Waals surface area (Å²) in [6, 6.07) is 3.52. The molecule has 0 atom stereocenters. The number of nitrogens with one attached hydrogen (secondary N) is 1. The van der Waals surface area contributed by atoms with Gasteiger partial charge in [-0.3, -0.25) is 9.59 Å². The summed E-state index contributed by atoms with van der Waals surface area (Å²) >= 11 is 1.32. The van der Waals surface area contributed by atoms with Crippen molar-refractivity contribution in [3.63, 3.8) is 0 Å². The lowest BCUT2D eigenvalue weighted by atomic mass is 10.3. The third-order valence-electron chi connectivity index (χ3n) is 2.88. The zero-order chi connectivity index (χ0) is 15.7. The Morgan fingerprint density at radius 3 is 2.67 bits per heavy atom. The van der Waals surface area contributed by atoms with Gasteiger partial charge in [0.25, 0.3) is 5.91 Å². The second kappa shape index (κ2) is 9.16. The molecule has 0 aliphatic carbocycles. The van der Waals surface area contributed by atoms with E-state index in [1.165, 1.54) is 11.3 Å². The van der Waals surface area contributed by atoms with Gasteiger partial charge in [0, 0.05) is 26.1 Å². The number of thiophene rings is 1. The maximum Gasteiger partial charge on any atom is 0.261 e. The second-order valence-electron chi connectivity index (χ2n) is 4.24. The minimum atomic E-state index is -0.173. The summed E-state index contributed by atoms with van der Waals surface area (Å²) in [7, 11) is 0. The largest absolute Gasteiger partial charge is 0.351 e. The maximum absolute atomic E-state index is 11.9. The van der Waals surface area contributed by atoms with Gasteiger partial charge in [0.15, 0.2) is 0 Å². The van der Waals surface area contributed by atoms with Crippen molar-refractivity contribution in [1.29, 1.82) is 0 Å². The van der Waals surface area contributed by atoms with Gasteiger partial charge in [-0.1, -0.05) is 11.8 Å². The second-order valence-corrected chi connectivity index (χ2v) is 5.33. The molecule has 0 aliphatic heterocycles. The van der Waals surface area contributed by atoms with Crippen LogP contribution >= 0.6 is 11.3 Å². The van der Waals surface area contributed by atoms with Gasteiger partial charge in [-0.15, -0.1) is 11.3 Å². The molecule has 0 saturated carbocycles. The first-order valence-corrected chi connectivity index (χ1v) is 7.78. The molecule has 0 aromatic carbocycles. The van der Waals surface area contributed by atoms with Crippen LogP contribution in [0.3, 0.4) is 0 Å². The molecule has 1 heterocycles. The number of hydrogen-bond acceptors (Lipinski definition) is 4. The lowest BCUT2D eigenvalue weighted by Crippen LogP contribution is -2.34. The molecule has 6 heteroatoms. The van der Waals surface area contributed by atoms with E-state index in [4.69, 9.17) is 5.73 Å². The fourth-order valence-electron chi connectivity index (χ4n) is 1.77. The Kier molecular flexibility index (Phi) is 7.51. The molecule has 3 N–H and O–H groups in total. The number of carbonyl (C=O) groups excluding carboxylic acids is 2. The summed E-state index contributed by atoms with van der Waals surface area (Å²) in [6.07, 6.45) is 0.318. The molecule has 1 rings (SSSR count). The zero-order valence-electron chi connectivity index (χ0n) is 12.4. The van der Waals surface area contributed by atoms with Gasteiger partial charge in [-0.2, -0.15) is 0 Å². The van der Waals surface area contributed by atoms with Gasteiger partial charge in [0.2, 0.25) is 5.91 Å². The fraction of sp³-hybridized carbons (Fsp3) is 0.467. The molecule has 0 radical (unpaired) electrons. The predicted molar refractivity (Wildman–Crippen MR) is 85.1 cm³/mol. The van der Waals surface area contributed by atoms with Gasteiger partial charge in [-0.05, 0) is 26.0 Å². The van der Waals surface area contributed by atoms with Gasteiger partial charge < -0.3 is 16.0 Å². The van der Waals surface area contributed by atoms with Crippen molar-refractivity contribution >= 4 is 23.2 Å². The molecule has 0 fully saturated rings. The monoisotopic (exact) mass is 307 g/mol. The molecule has 0 bridgehead atoms. The van der Waals surface area contributed by atoms with E-state index in [0.717, 1.165) is 4.88 Å². The van der Waals surface area contributed by atoms with Crippen LogP contribution in [0.15, 0.2) is 12.1 Å². The van der Waals surface area contributed by atoms with Gasteiger partial charge in [0.1, 0.15) is 0 Å². The van der Waals surface area contributed by atoms with Crippen molar-refractivity contribution in [3.8, 4) is 11.8 Å². The van der Waals surface area contributed by atoms with Gasteiger partial charge >= 0.3 is 0 Å². The molecular formula is C15H21N3O2S. The number of nitrogens with zero attached hydrogens (tertiary/aromatic N) is 1. The molecule has 2 amide bonds. The Morgan fingerprint density at radius 2 is 2.05 bits per heavy atom. The van der Waals surface area contributed by atoms with E-state index in [2.05, 4.69) is 17.2 Å². The number of carbonyl (C=O) groups is 2. The minimum absolute atomic E-state index is 0.0565. The molecule has 5 nitrogen and oxygen atoms in total. The molecule has 1 aromatic rings. The first-order chi connectivity index (χ1) is 10.1. The third kappa shape index (κ3) is 5.58. The van der Waals surface area contributed by atoms with Crippen molar-refractivity contribution in [2.45, 2.75) is 20.3 Å². The Bertz CT molecular complexity index is 539. The van der Waals surface area contributed by atoms with Crippen molar-refractivity contribution in [2.75, 3.05) is 26.2 Å². The Labute approximate surface area is 129 Å². The van der Waals surface area contributed by atoms with E-state index in [1.54, 1.807) is 17.0 Å². The van der Waals surface area contributed by atoms with E-state index < -0.39 is 0 Å². The predicted octanol–water partition coefficient (Wildman–Crippen LogP) is 1.05. The quantitative estimate of drug-likeness (QED) is 0.771. The van der Waals surface area contributed by atoms with Gasteiger partial charge in [-0.25, -0.2) is 0 Å². The molecule has 114 valence electrons. The van der Waals surface area contributed by atoms with Crippen molar-refractivity contribution < 1.29 is 9.59 Å². The molecule has 0 aliphatic rings. The van der Waals surface area contributed by atoms with Crippen LogP contribution in [0, 0.1) is 11.8 Å². The zero-order valence-corrected chi connectivity index (χ0v) is 13.3. The number of rotatable bonds is 6. The van der Waals surface area contributed by atoms with Crippen LogP contribution in [0.4, 0.5) is 0 Å². The Balaban J connectivity index is 2.44. The van der Waals surface area contributed by atoms with Crippen LogP contribution in [-0.2, 0) is 4.79 Å². The molecule has 0 saturated heterocycles. The lowest BCUT2D eigenvalue weighted by molar-refractivity contribution is -0.130. The van der Waals surface area contributed by atoms with E-state index in [-0.39, 0.29) is 11.8 Å². The summed E-state index contributed by atoms with van der Waals surface area (Å²) < 4.78 is 0. The Hall–Kier alpha value is -1.84. The van der Waals surface area contributed by atoms with Crippen LogP contribution < -0.4 is 11.1 Å². The third-order valence-corrected chi connectivity index (χ3v) is 3.88. The van der Waals surface area contributed by atoms with Crippen molar-refractivity contribution in [1.82, 2.24) is 10.2 Å². The van der Waals surface area contributed by atoms with E-state index in [0.29, 0.717) is 37.5 Å². The van der Waals surface area contributed by atoms with E-state index in [9.17, 15) is 9.59 Å². The molecule has 1 aromatic heterocycles. The topological polar surface area (TPSA) is 75.4 Å². The summed E-state index contributed by atoms with van der Waals surface area (Å²) in [4.78, 5) is 26.9. The first-order valence-electron chi connectivity index (χ1n) is 6.97. The number of amides is 2. The van der Waals surface area contributed by atoms with Crippen molar-refractivity contribution in [3.05, 3.63) is 21.9 Å². The highest BCUT2D eigenvalue weighted by Gasteiger charge is 2.11. The highest BCUT2D eigenvalue weighted by molar-refractivity contribution is 7.14. The van der Waals surface area contributed by atoms with Crippen LogP contribution in [0.5, 0.6) is 0 Å². The number of nitrogens with two attached hydrogens (primary N) is 1. The Morgan fingerprint density at radius 1 is 1.33 bits per heavy atom. The number of hydrogen-bond donors (Lipinski definition) is 2. The average molecular weight is 307 g/mol. The summed E-state index contributed by atoms with van der Waals surface area (Å²) in [5, 5.41) is 2.75. The summed E-state index contributed by atoms with van der Waals surface area (Å²) in [6.45, 7) is 5.91. The summed E-state index contributed by atoms with van der Waals surface area (Å²) in [5.74, 6) is 5.52.